The van der Waals surface area contributed by atoms with Crippen LogP contribution in [0.15, 0.2) is 22.7 Å². The van der Waals surface area contributed by atoms with Crippen LogP contribution in [0.1, 0.15) is 51.0 Å². The smallest absolute Gasteiger partial charge is 0.229 e. The molecule has 0 saturated carbocycles. The van der Waals surface area contributed by atoms with Crippen LogP contribution >= 0.6 is 0 Å². The minimum absolute atomic E-state index is 0.189. The SMILES string of the molecule is CC(C)c1nc(-c2ccc(F)cc2C(C)C)no1. The van der Waals surface area contributed by atoms with Gasteiger partial charge in [-0.05, 0) is 29.7 Å². The van der Waals surface area contributed by atoms with Gasteiger partial charge in [-0.1, -0.05) is 32.9 Å². The van der Waals surface area contributed by atoms with Gasteiger partial charge in [-0.3, -0.25) is 0 Å². The Morgan fingerprint density at radius 1 is 1.11 bits per heavy atom. The van der Waals surface area contributed by atoms with Gasteiger partial charge in [0.15, 0.2) is 0 Å². The summed E-state index contributed by atoms with van der Waals surface area (Å²) in [4.78, 5) is 4.35. The second kappa shape index (κ2) is 4.88. The number of benzene rings is 1. The molecule has 1 aromatic carbocycles. The summed E-state index contributed by atoms with van der Waals surface area (Å²) >= 11 is 0. The van der Waals surface area contributed by atoms with Gasteiger partial charge in [-0.2, -0.15) is 4.98 Å². The fraction of sp³-hybridized carbons (Fsp3) is 0.429. The van der Waals surface area contributed by atoms with Crippen molar-refractivity contribution in [1.82, 2.24) is 10.1 Å². The first kappa shape index (κ1) is 12.7. The molecule has 0 unspecified atom stereocenters. The first-order chi connectivity index (χ1) is 8.49. The number of halogens is 1. The van der Waals surface area contributed by atoms with E-state index in [1.165, 1.54) is 12.1 Å². The number of hydrogen-bond donors (Lipinski definition) is 0. The average Bonchev–Trinajstić information content (AvgIpc) is 2.78. The van der Waals surface area contributed by atoms with Crippen LogP contribution in [-0.2, 0) is 0 Å². The highest BCUT2D eigenvalue weighted by Gasteiger charge is 2.16. The normalized spacial score (nSPS) is 11.5. The summed E-state index contributed by atoms with van der Waals surface area (Å²) in [5.74, 6) is 1.28. The van der Waals surface area contributed by atoms with Crippen LogP contribution in [0, 0.1) is 5.82 Å². The second-order valence-electron chi connectivity index (χ2n) is 5.00. The first-order valence-electron chi connectivity index (χ1n) is 6.12. The van der Waals surface area contributed by atoms with Crippen LogP contribution in [0.4, 0.5) is 4.39 Å². The van der Waals surface area contributed by atoms with E-state index < -0.39 is 0 Å². The Labute approximate surface area is 106 Å². The zero-order valence-corrected chi connectivity index (χ0v) is 11.1. The van der Waals surface area contributed by atoms with E-state index in [1.807, 2.05) is 27.7 Å². The van der Waals surface area contributed by atoms with Crippen LogP contribution < -0.4 is 0 Å². The van der Waals surface area contributed by atoms with E-state index in [0.29, 0.717) is 11.7 Å². The maximum atomic E-state index is 13.3. The van der Waals surface area contributed by atoms with Crippen molar-refractivity contribution in [1.29, 1.82) is 0 Å². The molecule has 0 atom stereocenters. The number of rotatable bonds is 3. The zero-order valence-electron chi connectivity index (χ0n) is 11.1. The van der Waals surface area contributed by atoms with E-state index in [-0.39, 0.29) is 17.7 Å². The first-order valence-corrected chi connectivity index (χ1v) is 6.12. The topological polar surface area (TPSA) is 38.9 Å². The lowest BCUT2D eigenvalue weighted by Gasteiger charge is -2.09. The third kappa shape index (κ3) is 2.42. The van der Waals surface area contributed by atoms with Crippen molar-refractivity contribution in [2.24, 2.45) is 0 Å². The van der Waals surface area contributed by atoms with Crippen molar-refractivity contribution < 1.29 is 8.91 Å². The molecule has 96 valence electrons. The lowest BCUT2D eigenvalue weighted by molar-refractivity contribution is 0.365. The summed E-state index contributed by atoms with van der Waals surface area (Å²) in [6.45, 7) is 8.01. The molecule has 0 fully saturated rings. The van der Waals surface area contributed by atoms with Gasteiger partial charge in [0, 0.05) is 11.5 Å². The number of aromatic nitrogens is 2. The Bertz CT molecular complexity index is 546. The summed E-state index contributed by atoms with van der Waals surface area (Å²) in [7, 11) is 0. The highest BCUT2D eigenvalue weighted by Crippen LogP contribution is 2.28. The molecule has 4 heteroatoms. The summed E-state index contributed by atoms with van der Waals surface area (Å²) in [5, 5.41) is 3.97. The lowest BCUT2D eigenvalue weighted by atomic mass is 9.96. The Kier molecular flexibility index (Phi) is 3.45. The highest BCUT2D eigenvalue weighted by atomic mass is 19.1. The van der Waals surface area contributed by atoms with Gasteiger partial charge in [0.2, 0.25) is 11.7 Å². The van der Waals surface area contributed by atoms with Gasteiger partial charge in [0.1, 0.15) is 5.82 Å². The number of hydrogen-bond acceptors (Lipinski definition) is 3. The third-order valence-electron chi connectivity index (χ3n) is 2.81. The molecular formula is C14H17FN2O. The van der Waals surface area contributed by atoms with E-state index in [9.17, 15) is 4.39 Å². The van der Waals surface area contributed by atoms with Gasteiger partial charge < -0.3 is 4.52 Å². The molecule has 2 rings (SSSR count). The Hall–Kier alpha value is -1.71. The minimum atomic E-state index is -0.241. The van der Waals surface area contributed by atoms with Crippen molar-refractivity contribution in [2.45, 2.75) is 39.5 Å². The van der Waals surface area contributed by atoms with Crippen LogP contribution in [0.5, 0.6) is 0 Å². The predicted octanol–water partition coefficient (Wildman–Crippen LogP) is 4.12. The molecule has 0 aliphatic carbocycles. The van der Waals surface area contributed by atoms with Crippen molar-refractivity contribution in [3.63, 3.8) is 0 Å². The number of nitrogens with zero attached hydrogens (tertiary/aromatic N) is 2. The van der Waals surface area contributed by atoms with Crippen molar-refractivity contribution >= 4 is 0 Å². The van der Waals surface area contributed by atoms with E-state index in [4.69, 9.17) is 4.52 Å². The predicted molar refractivity (Wildman–Crippen MR) is 67.9 cm³/mol. The van der Waals surface area contributed by atoms with Gasteiger partial charge in [0.05, 0.1) is 0 Å². The standard InChI is InChI=1S/C14H17FN2O/c1-8(2)12-7-10(15)5-6-11(12)13-16-14(9(3)4)18-17-13/h5-9H,1-4H3. The molecule has 0 aliphatic heterocycles. The molecule has 0 aliphatic rings. The molecule has 0 radical (unpaired) electrons. The molecule has 1 heterocycles. The van der Waals surface area contributed by atoms with Gasteiger partial charge in [-0.15, -0.1) is 0 Å². The summed E-state index contributed by atoms with van der Waals surface area (Å²) in [5.41, 5.74) is 1.73. The van der Waals surface area contributed by atoms with Gasteiger partial charge in [-0.25, -0.2) is 4.39 Å². The molecule has 3 nitrogen and oxygen atoms in total. The van der Waals surface area contributed by atoms with E-state index in [0.717, 1.165) is 11.1 Å². The maximum Gasteiger partial charge on any atom is 0.229 e. The molecule has 2 aromatic rings. The van der Waals surface area contributed by atoms with Gasteiger partial charge >= 0.3 is 0 Å². The quantitative estimate of drug-likeness (QED) is 0.820. The molecule has 0 spiro atoms. The van der Waals surface area contributed by atoms with E-state index in [2.05, 4.69) is 10.1 Å². The monoisotopic (exact) mass is 248 g/mol. The van der Waals surface area contributed by atoms with E-state index in [1.54, 1.807) is 6.07 Å². The van der Waals surface area contributed by atoms with Crippen molar-refractivity contribution in [3.8, 4) is 11.4 Å². The summed E-state index contributed by atoms with van der Waals surface area (Å²) < 4.78 is 18.5. The Morgan fingerprint density at radius 3 is 2.39 bits per heavy atom. The highest BCUT2D eigenvalue weighted by molar-refractivity contribution is 5.60. The average molecular weight is 248 g/mol. The lowest BCUT2D eigenvalue weighted by Crippen LogP contribution is -1.95. The van der Waals surface area contributed by atoms with Crippen LogP contribution in [0.25, 0.3) is 11.4 Å². The third-order valence-corrected chi connectivity index (χ3v) is 2.81. The largest absolute Gasteiger partial charge is 0.339 e. The molecule has 0 bridgehead atoms. The van der Waals surface area contributed by atoms with Gasteiger partial charge in [0.25, 0.3) is 0 Å². The van der Waals surface area contributed by atoms with Crippen LogP contribution in [0.3, 0.4) is 0 Å². The second-order valence-corrected chi connectivity index (χ2v) is 5.00. The molecular weight excluding hydrogens is 231 g/mol. The van der Waals surface area contributed by atoms with Crippen molar-refractivity contribution in [2.75, 3.05) is 0 Å². The zero-order chi connectivity index (χ0) is 13.3. The Balaban J connectivity index is 2.49. The molecule has 0 saturated heterocycles. The fourth-order valence-corrected chi connectivity index (χ4v) is 1.79. The molecule has 18 heavy (non-hydrogen) atoms. The van der Waals surface area contributed by atoms with E-state index >= 15 is 0 Å². The van der Waals surface area contributed by atoms with Crippen LogP contribution in [0.2, 0.25) is 0 Å². The molecule has 0 amide bonds. The molecule has 0 N–H and O–H groups in total. The van der Waals surface area contributed by atoms with Crippen molar-refractivity contribution in [3.05, 3.63) is 35.5 Å². The minimum Gasteiger partial charge on any atom is -0.339 e. The molecule has 1 aromatic heterocycles. The Morgan fingerprint density at radius 2 is 1.83 bits per heavy atom. The maximum absolute atomic E-state index is 13.3. The summed E-state index contributed by atoms with van der Waals surface area (Å²) in [6.07, 6.45) is 0. The van der Waals surface area contributed by atoms with Crippen LogP contribution in [-0.4, -0.2) is 10.1 Å². The fourth-order valence-electron chi connectivity index (χ4n) is 1.79. The summed E-state index contributed by atoms with van der Waals surface area (Å²) in [6, 6.07) is 4.66.